The number of halogens is 1. The van der Waals surface area contributed by atoms with Crippen LogP contribution in [0.4, 0.5) is 0 Å². The lowest BCUT2D eigenvalue weighted by Crippen LogP contribution is -2.26. The molecule has 2 aromatic heterocycles. The Morgan fingerprint density at radius 2 is 2.22 bits per heavy atom. The Morgan fingerprint density at radius 3 is 3.04 bits per heavy atom. The summed E-state index contributed by atoms with van der Waals surface area (Å²) in [6, 6.07) is 5.63. The number of hydrogen-bond donors (Lipinski definition) is 1. The predicted octanol–water partition coefficient (Wildman–Crippen LogP) is 2.48. The van der Waals surface area contributed by atoms with E-state index in [4.69, 9.17) is 11.6 Å². The van der Waals surface area contributed by atoms with Crippen LogP contribution in [0.15, 0.2) is 43.1 Å². The number of carbonyl (C=O) groups excluding carboxylic acids is 1. The van der Waals surface area contributed by atoms with E-state index in [0.717, 1.165) is 23.9 Å². The molecule has 0 saturated heterocycles. The van der Waals surface area contributed by atoms with E-state index >= 15 is 0 Å². The number of fused-ring (bicyclic) bond motifs is 1. The molecule has 120 valence electrons. The number of hydrogen-bond acceptors (Lipinski definition) is 3. The van der Waals surface area contributed by atoms with Gasteiger partial charge in [-0.1, -0.05) is 11.6 Å². The highest BCUT2D eigenvalue weighted by Gasteiger charge is 2.06. The fraction of sp³-hybridized carbons (Fsp3) is 0.312. The number of aryl methyl sites for hydroxylation is 2. The minimum Gasteiger partial charge on any atom is -0.356 e. The highest BCUT2D eigenvalue weighted by molar-refractivity contribution is 6.31. The zero-order chi connectivity index (χ0) is 16.1. The van der Waals surface area contributed by atoms with E-state index in [1.54, 1.807) is 18.7 Å². The van der Waals surface area contributed by atoms with Gasteiger partial charge in [0.15, 0.2) is 0 Å². The first-order valence-electron chi connectivity index (χ1n) is 7.56. The van der Waals surface area contributed by atoms with Gasteiger partial charge < -0.3 is 9.88 Å². The maximum Gasteiger partial charge on any atom is 0.221 e. The van der Waals surface area contributed by atoms with Gasteiger partial charge in [0.2, 0.25) is 5.91 Å². The highest BCUT2D eigenvalue weighted by atomic mass is 35.5. The van der Waals surface area contributed by atoms with Crippen LogP contribution in [-0.2, 0) is 17.9 Å². The van der Waals surface area contributed by atoms with Gasteiger partial charge in [0.1, 0.15) is 0 Å². The number of aromatic nitrogens is 4. The summed E-state index contributed by atoms with van der Waals surface area (Å²) in [5.41, 5.74) is 0.988. The van der Waals surface area contributed by atoms with Crippen LogP contribution in [0.3, 0.4) is 0 Å². The van der Waals surface area contributed by atoms with Gasteiger partial charge in [0, 0.05) is 42.3 Å². The molecule has 0 radical (unpaired) electrons. The number of nitrogens with zero attached hydrogens (tertiary/aromatic N) is 4. The summed E-state index contributed by atoms with van der Waals surface area (Å²) in [5.74, 6) is 0.0354. The average molecular weight is 332 g/mol. The Labute approximate surface area is 139 Å². The summed E-state index contributed by atoms with van der Waals surface area (Å²) in [5, 5.41) is 8.91. The molecule has 0 atom stereocenters. The zero-order valence-electron chi connectivity index (χ0n) is 12.7. The van der Waals surface area contributed by atoms with Gasteiger partial charge in [-0.3, -0.25) is 9.48 Å². The molecule has 2 heterocycles. The van der Waals surface area contributed by atoms with E-state index in [0.29, 0.717) is 24.5 Å². The number of benzene rings is 1. The maximum atomic E-state index is 11.9. The van der Waals surface area contributed by atoms with E-state index < -0.39 is 0 Å². The first-order chi connectivity index (χ1) is 11.2. The van der Waals surface area contributed by atoms with Gasteiger partial charge in [-0.15, -0.1) is 0 Å². The molecule has 0 bridgehead atoms. The van der Waals surface area contributed by atoms with Gasteiger partial charge in [-0.25, -0.2) is 4.98 Å². The Hall–Kier alpha value is -2.34. The summed E-state index contributed by atoms with van der Waals surface area (Å²) in [6.07, 6.45) is 8.49. The molecular weight excluding hydrogens is 314 g/mol. The SMILES string of the molecule is O=C(CCn1ncc2cc(Cl)ccc21)NCCCn1ccnc1. The molecule has 0 unspecified atom stereocenters. The molecule has 0 spiro atoms. The Bertz CT molecular complexity index is 781. The Balaban J connectivity index is 1.43. The molecule has 23 heavy (non-hydrogen) atoms. The first kappa shape index (κ1) is 15.6. The van der Waals surface area contributed by atoms with Crippen LogP contribution in [-0.4, -0.2) is 31.8 Å². The Kier molecular flexibility index (Phi) is 4.92. The van der Waals surface area contributed by atoms with Crippen molar-refractivity contribution < 1.29 is 4.79 Å². The van der Waals surface area contributed by atoms with Crippen molar-refractivity contribution in [2.45, 2.75) is 25.9 Å². The number of amides is 1. The summed E-state index contributed by atoms with van der Waals surface area (Å²) in [6.45, 7) is 2.07. The lowest BCUT2D eigenvalue weighted by molar-refractivity contribution is -0.121. The van der Waals surface area contributed by atoms with E-state index in [1.165, 1.54) is 0 Å². The van der Waals surface area contributed by atoms with E-state index in [-0.39, 0.29) is 5.91 Å². The molecule has 3 rings (SSSR count). The van der Waals surface area contributed by atoms with Crippen LogP contribution in [0.1, 0.15) is 12.8 Å². The molecule has 3 aromatic rings. The third-order valence-electron chi connectivity index (χ3n) is 3.63. The smallest absolute Gasteiger partial charge is 0.221 e. The van der Waals surface area contributed by atoms with Crippen molar-refractivity contribution in [1.82, 2.24) is 24.6 Å². The number of nitrogens with one attached hydrogen (secondary N) is 1. The quantitative estimate of drug-likeness (QED) is 0.676. The fourth-order valence-electron chi connectivity index (χ4n) is 2.44. The van der Waals surface area contributed by atoms with Gasteiger partial charge >= 0.3 is 0 Å². The fourth-order valence-corrected chi connectivity index (χ4v) is 2.62. The second kappa shape index (κ2) is 7.28. The standard InChI is InChI=1S/C16H18ClN5O/c17-14-2-3-15-13(10-14)11-20-22(15)8-4-16(23)19-5-1-7-21-9-6-18-12-21/h2-3,6,9-12H,1,4-5,7-8H2,(H,19,23). The third kappa shape index (κ3) is 4.10. The van der Waals surface area contributed by atoms with Crippen LogP contribution in [0, 0.1) is 0 Å². The predicted molar refractivity (Wildman–Crippen MR) is 89.2 cm³/mol. The van der Waals surface area contributed by atoms with Crippen molar-refractivity contribution in [3.63, 3.8) is 0 Å². The monoisotopic (exact) mass is 331 g/mol. The van der Waals surface area contributed by atoms with Crippen molar-refractivity contribution in [2.24, 2.45) is 0 Å². The normalized spacial score (nSPS) is 11.0. The lowest BCUT2D eigenvalue weighted by Gasteiger charge is -2.07. The van der Waals surface area contributed by atoms with Gasteiger partial charge in [-0.2, -0.15) is 5.10 Å². The number of rotatable bonds is 7. The van der Waals surface area contributed by atoms with Gasteiger partial charge in [-0.05, 0) is 24.6 Å². The van der Waals surface area contributed by atoms with Gasteiger partial charge in [0.25, 0.3) is 0 Å². The highest BCUT2D eigenvalue weighted by Crippen LogP contribution is 2.18. The second-order valence-electron chi connectivity index (χ2n) is 5.32. The largest absolute Gasteiger partial charge is 0.356 e. The summed E-state index contributed by atoms with van der Waals surface area (Å²) in [4.78, 5) is 15.9. The van der Waals surface area contributed by atoms with Crippen molar-refractivity contribution in [1.29, 1.82) is 0 Å². The molecule has 1 aromatic carbocycles. The van der Waals surface area contributed by atoms with Gasteiger partial charge in [0.05, 0.1) is 24.6 Å². The minimum atomic E-state index is 0.0354. The van der Waals surface area contributed by atoms with Crippen molar-refractivity contribution in [3.05, 3.63) is 48.1 Å². The first-order valence-corrected chi connectivity index (χ1v) is 7.94. The number of imidazole rings is 1. The number of carbonyl (C=O) groups is 1. The molecule has 1 amide bonds. The molecule has 0 aliphatic heterocycles. The minimum absolute atomic E-state index is 0.0354. The summed E-state index contributed by atoms with van der Waals surface area (Å²) >= 11 is 5.96. The summed E-state index contributed by atoms with van der Waals surface area (Å²) in [7, 11) is 0. The van der Waals surface area contributed by atoms with Crippen molar-refractivity contribution >= 4 is 28.4 Å². The summed E-state index contributed by atoms with van der Waals surface area (Å²) < 4.78 is 3.82. The molecule has 0 aliphatic carbocycles. The molecule has 1 N–H and O–H groups in total. The molecule has 7 heteroatoms. The van der Waals surface area contributed by atoms with Crippen LogP contribution < -0.4 is 5.32 Å². The average Bonchev–Trinajstić information content (AvgIpc) is 3.19. The Morgan fingerprint density at radius 1 is 1.30 bits per heavy atom. The van der Waals surface area contributed by atoms with Crippen LogP contribution >= 0.6 is 11.6 Å². The van der Waals surface area contributed by atoms with Crippen molar-refractivity contribution in [2.75, 3.05) is 6.54 Å². The molecule has 0 fully saturated rings. The van der Waals surface area contributed by atoms with E-state index in [2.05, 4.69) is 15.4 Å². The molecular formula is C16H18ClN5O. The molecule has 6 nitrogen and oxygen atoms in total. The third-order valence-corrected chi connectivity index (χ3v) is 3.86. The van der Waals surface area contributed by atoms with Crippen molar-refractivity contribution in [3.8, 4) is 0 Å². The van der Waals surface area contributed by atoms with Crippen LogP contribution in [0.25, 0.3) is 10.9 Å². The van der Waals surface area contributed by atoms with E-state index in [9.17, 15) is 4.79 Å². The maximum absolute atomic E-state index is 11.9. The topological polar surface area (TPSA) is 64.7 Å². The second-order valence-corrected chi connectivity index (χ2v) is 5.76. The lowest BCUT2D eigenvalue weighted by atomic mass is 10.2. The zero-order valence-corrected chi connectivity index (χ0v) is 13.4. The van der Waals surface area contributed by atoms with E-state index in [1.807, 2.05) is 33.6 Å². The van der Waals surface area contributed by atoms with Crippen LogP contribution in [0.5, 0.6) is 0 Å². The molecule has 0 saturated carbocycles. The van der Waals surface area contributed by atoms with Crippen LogP contribution in [0.2, 0.25) is 5.02 Å². The molecule has 0 aliphatic rings.